The van der Waals surface area contributed by atoms with E-state index >= 15 is 0 Å². The van der Waals surface area contributed by atoms with Gasteiger partial charge in [-0.2, -0.15) is 0 Å². The van der Waals surface area contributed by atoms with Crippen LogP contribution in [0.1, 0.15) is 18.9 Å². The number of allylic oxidation sites excluding steroid dienone is 3. The highest BCUT2D eigenvalue weighted by atomic mass is 19.3. The fourth-order valence-corrected chi connectivity index (χ4v) is 2.10. The van der Waals surface area contributed by atoms with E-state index in [9.17, 15) is 13.6 Å². The zero-order valence-corrected chi connectivity index (χ0v) is 10.4. The van der Waals surface area contributed by atoms with Crippen molar-refractivity contribution in [2.24, 2.45) is 5.92 Å². The molecule has 100 valence electrons. The molecule has 1 aliphatic carbocycles. The molecule has 0 fully saturated rings. The van der Waals surface area contributed by atoms with Crippen LogP contribution in [0.2, 0.25) is 0 Å². The van der Waals surface area contributed by atoms with E-state index in [1.807, 2.05) is 0 Å². The van der Waals surface area contributed by atoms with Crippen LogP contribution in [-0.4, -0.2) is 17.0 Å². The zero-order valence-electron chi connectivity index (χ0n) is 10.4. The molecule has 0 bridgehead atoms. The van der Waals surface area contributed by atoms with Crippen molar-refractivity contribution in [1.82, 2.24) is 0 Å². The Bertz CT molecular complexity index is 545. The lowest BCUT2D eigenvalue weighted by atomic mass is 9.85. The molecule has 1 aromatic rings. The number of carboxylic acid groups (broad SMARTS) is 1. The van der Waals surface area contributed by atoms with Gasteiger partial charge in [0.15, 0.2) is 0 Å². The molecule has 1 unspecified atom stereocenters. The molecule has 2 rings (SSSR count). The fraction of sp³-hybridized carbons (Fsp3) is 0.267. The highest BCUT2D eigenvalue weighted by molar-refractivity contribution is 5.77. The number of carboxylic acids is 1. The van der Waals surface area contributed by atoms with Crippen molar-refractivity contribution < 1.29 is 18.7 Å². The molecule has 1 aliphatic rings. The molecule has 4 heteroatoms. The minimum Gasteiger partial charge on any atom is -0.481 e. The Kier molecular flexibility index (Phi) is 3.51. The van der Waals surface area contributed by atoms with Gasteiger partial charge in [-0.3, -0.25) is 4.79 Å². The van der Waals surface area contributed by atoms with Gasteiger partial charge in [0, 0.05) is 12.0 Å². The van der Waals surface area contributed by atoms with Gasteiger partial charge >= 0.3 is 5.97 Å². The van der Waals surface area contributed by atoms with Gasteiger partial charge in [0.25, 0.3) is 5.92 Å². The average molecular weight is 264 g/mol. The summed E-state index contributed by atoms with van der Waals surface area (Å²) in [6, 6.07) is 8.41. The quantitative estimate of drug-likeness (QED) is 0.902. The number of hydrogen-bond donors (Lipinski definition) is 1. The third-order valence-corrected chi connectivity index (χ3v) is 3.30. The van der Waals surface area contributed by atoms with Crippen LogP contribution in [0.3, 0.4) is 0 Å². The number of halogens is 2. The first-order valence-corrected chi connectivity index (χ1v) is 5.99. The van der Waals surface area contributed by atoms with E-state index < -0.39 is 24.2 Å². The van der Waals surface area contributed by atoms with Gasteiger partial charge in [-0.1, -0.05) is 48.1 Å². The standard InChI is InChI=1S/C15H14F2O2/c1-10(14(18)19)12-7-8-13(15(16,17)9-12)11-5-3-2-4-6-11/h2-8,10H,9H2,1H3,(H,18,19). The van der Waals surface area contributed by atoms with Gasteiger partial charge in [0.2, 0.25) is 0 Å². The predicted molar refractivity (Wildman–Crippen MR) is 68.9 cm³/mol. The summed E-state index contributed by atoms with van der Waals surface area (Å²) in [7, 11) is 0. The second kappa shape index (κ2) is 4.96. The molecule has 1 atom stereocenters. The SMILES string of the molecule is CC(C(=O)O)C1=CC=C(c2ccccc2)C(F)(F)C1. The Labute approximate surface area is 110 Å². The van der Waals surface area contributed by atoms with Crippen LogP contribution in [0.25, 0.3) is 5.57 Å². The van der Waals surface area contributed by atoms with Crippen LogP contribution in [0.4, 0.5) is 8.78 Å². The van der Waals surface area contributed by atoms with Gasteiger partial charge < -0.3 is 5.11 Å². The monoisotopic (exact) mass is 264 g/mol. The van der Waals surface area contributed by atoms with E-state index in [4.69, 9.17) is 5.11 Å². The number of alkyl halides is 2. The van der Waals surface area contributed by atoms with Crippen molar-refractivity contribution in [1.29, 1.82) is 0 Å². The van der Waals surface area contributed by atoms with E-state index in [1.54, 1.807) is 30.3 Å². The van der Waals surface area contributed by atoms with E-state index in [0.717, 1.165) is 0 Å². The summed E-state index contributed by atoms with van der Waals surface area (Å²) in [5.74, 6) is -5.01. The van der Waals surface area contributed by atoms with Crippen LogP contribution in [0.5, 0.6) is 0 Å². The largest absolute Gasteiger partial charge is 0.481 e. The van der Waals surface area contributed by atoms with Crippen LogP contribution in [0.15, 0.2) is 48.1 Å². The number of aliphatic carboxylic acids is 1. The van der Waals surface area contributed by atoms with E-state index in [2.05, 4.69) is 0 Å². The van der Waals surface area contributed by atoms with Crippen LogP contribution in [-0.2, 0) is 4.79 Å². The maximum atomic E-state index is 14.1. The van der Waals surface area contributed by atoms with Crippen molar-refractivity contribution >= 4 is 11.5 Å². The van der Waals surface area contributed by atoms with Gasteiger partial charge in [-0.05, 0) is 12.5 Å². The molecule has 0 saturated carbocycles. The Morgan fingerprint density at radius 1 is 1.26 bits per heavy atom. The summed E-state index contributed by atoms with van der Waals surface area (Å²) in [5, 5.41) is 8.88. The third kappa shape index (κ3) is 2.72. The number of benzene rings is 1. The number of carbonyl (C=O) groups is 1. The second-order valence-corrected chi connectivity index (χ2v) is 4.63. The molecule has 19 heavy (non-hydrogen) atoms. The van der Waals surface area contributed by atoms with Gasteiger partial charge in [-0.25, -0.2) is 8.78 Å². The van der Waals surface area contributed by atoms with Crippen molar-refractivity contribution in [3.63, 3.8) is 0 Å². The molecule has 1 aromatic carbocycles. The van der Waals surface area contributed by atoms with Crippen LogP contribution >= 0.6 is 0 Å². The Balaban J connectivity index is 2.38. The minimum absolute atomic E-state index is 0.0607. The van der Waals surface area contributed by atoms with E-state index in [0.29, 0.717) is 5.56 Å². The van der Waals surface area contributed by atoms with Crippen molar-refractivity contribution in [2.75, 3.05) is 0 Å². The fourth-order valence-electron chi connectivity index (χ4n) is 2.10. The molecule has 0 saturated heterocycles. The Hall–Kier alpha value is -1.97. The second-order valence-electron chi connectivity index (χ2n) is 4.63. The number of rotatable bonds is 3. The predicted octanol–water partition coefficient (Wildman–Crippen LogP) is 3.76. The normalized spacial score (nSPS) is 19.3. The first-order chi connectivity index (χ1) is 8.92. The first kappa shape index (κ1) is 13.5. The topological polar surface area (TPSA) is 37.3 Å². The molecular weight excluding hydrogens is 250 g/mol. The molecule has 0 aliphatic heterocycles. The smallest absolute Gasteiger partial charge is 0.310 e. The molecule has 2 nitrogen and oxygen atoms in total. The zero-order chi connectivity index (χ0) is 14.0. The molecule has 0 amide bonds. The van der Waals surface area contributed by atoms with Crippen molar-refractivity contribution in [3.05, 3.63) is 53.6 Å². The molecule has 0 aromatic heterocycles. The lowest BCUT2D eigenvalue weighted by molar-refractivity contribution is -0.140. The van der Waals surface area contributed by atoms with Crippen LogP contribution in [0, 0.1) is 5.92 Å². The maximum absolute atomic E-state index is 14.1. The highest BCUT2D eigenvalue weighted by Gasteiger charge is 2.39. The average Bonchev–Trinajstić information content (AvgIpc) is 2.37. The first-order valence-electron chi connectivity index (χ1n) is 5.99. The van der Waals surface area contributed by atoms with Crippen LogP contribution < -0.4 is 0 Å². The van der Waals surface area contributed by atoms with Gasteiger partial charge in [0.1, 0.15) is 0 Å². The molecule has 0 spiro atoms. The van der Waals surface area contributed by atoms with E-state index in [-0.39, 0.29) is 11.1 Å². The van der Waals surface area contributed by atoms with Crippen molar-refractivity contribution in [2.45, 2.75) is 19.3 Å². The summed E-state index contributed by atoms with van der Waals surface area (Å²) in [6.45, 7) is 1.42. The molecule has 1 N–H and O–H groups in total. The summed E-state index contributed by atoms with van der Waals surface area (Å²) in [6.07, 6.45) is 2.29. The van der Waals surface area contributed by atoms with Gasteiger partial charge in [-0.15, -0.1) is 0 Å². The highest BCUT2D eigenvalue weighted by Crippen LogP contribution is 2.42. The Morgan fingerprint density at radius 3 is 2.42 bits per heavy atom. The molecule has 0 heterocycles. The van der Waals surface area contributed by atoms with E-state index in [1.165, 1.54) is 19.1 Å². The maximum Gasteiger partial charge on any atom is 0.310 e. The Morgan fingerprint density at radius 2 is 1.89 bits per heavy atom. The molecular formula is C15H14F2O2. The minimum atomic E-state index is -3.03. The van der Waals surface area contributed by atoms with Crippen molar-refractivity contribution in [3.8, 4) is 0 Å². The summed E-state index contributed by atoms with van der Waals surface area (Å²) in [4.78, 5) is 10.9. The summed E-state index contributed by atoms with van der Waals surface area (Å²) >= 11 is 0. The third-order valence-electron chi connectivity index (χ3n) is 3.30. The lowest BCUT2D eigenvalue weighted by Gasteiger charge is -2.26. The number of hydrogen-bond acceptors (Lipinski definition) is 1. The summed E-state index contributed by atoms with van der Waals surface area (Å²) < 4.78 is 28.3. The lowest BCUT2D eigenvalue weighted by Crippen LogP contribution is -2.25. The van der Waals surface area contributed by atoms with Gasteiger partial charge in [0.05, 0.1) is 5.92 Å². The molecule has 0 radical (unpaired) electrons. The summed E-state index contributed by atoms with van der Waals surface area (Å²) in [5.41, 5.74) is 0.650.